The van der Waals surface area contributed by atoms with Crippen molar-refractivity contribution < 1.29 is 5.11 Å². The van der Waals surface area contributed by atoms with E-state index in [9.17, 15) is 5.11 Å². The van der Waals surface area contributed by atoms with Crippen molar-refractivity contribution in [1.29, 1.82) is 0 Å². The summed E-state index contributed by atoms with van der Waals surface area (Å²) in [4.78, 5) is 2.44. The van der Waals surface area contributed by atoms with Crippen molar-refractivity contribution in [2.24, 2.45) is 5.41 Å². The number of benzene rings is 1. The highest BCUT2D eigenvalue weighted by Crippen LogP contribution is 2.37. The van der Waals surface area contributed by atoms with Crippen LogP contribution in [-0.2, 0) is 0 Å². The Morgan fingerprint density at radius 2 is 1.90 bits per heavy atom. The lowest BCUT2D eigenvalue weighted by Crippen LogP contribution is -2.30. The van der Waals surface area contributed by atoms with Crippen LogP contribution in [-0.4, -0.2) is 29.6 Å². The fraction of sp³-hybridized carbons (Fsp3) is 0.667. The van der Waals surface area contributed by atoms with Crippen molar-refractivity contribution in [2.45, 2.75) is 53.1 Å². The van der Waals surface area contributed by atoms with Gasteiger partial charge in [-0.25, -0.2) is 0 Å². The number of β-amino-alcohol motifs (C(OH)–C–C–N with tert-alkyl or cyclic N) is 1. The molecule has 0 amide bonds. The van der Waals surface area contributed by atoms with Gasteiger partial charge in [0.2, 0.25) is 0 Å². The maximum atomic E-state index is 10.5. The maximum Gasteiger partial charge on any atom is 0.0917 e. The van der Waals surface area contributed by atoms with E-state index < -0.39 is 0 Å². The summed E-state index contributed by atoms with van der Waals surface area (Å²) >= 11 is 0. The largest absolute Gasteiger partial charge is 0.387 e. The summed E-state index contributed by atoms with van der Waals surface area (Å²) in [5.74, 6) is 0. The van der Waals surface area contributed by atoms with Crippen LogP contribution in [0.1, 0.15) is 55.9 Å². The van der Waals surface area contributed by atoms with Crippen LogP contribution in [0.2, 0.25) is 0 Å². The molecule has 0 spiro atoms. The van der Waals surface area contributed by atoms with Gasteiger partial charge in [-0.1, -0.05) is 32.0 Å². The Bertz CT molecular complexity index is 451. The van der Waals surface area contributed by atoms with E-state index in [1.54, 1.807) is 0 Å². The summed E-state index contributed by atoms with van der Waals surface area (Å²) < 4.78 is 0. The highest BCUT2D eigenvalue weighted by atomic mass is 16.3. The number of aliphatic hydroxyl groups excluding tert-OH is 1. The molecule has 2 rings (SSSR count). The molecule has 0 aromatic heterocycles. The van der Waals surface area contributed by atoms with Crippen LogP contribution in [0.3, 0.4) is 0 Å². The molecule has 2 nitrogen and oxygen atoms in total. The second-order valence-corrected chi connectivity index (χ2v) is 6.55. The average Bonchev–Trinajstić information content (AvgIpc) is 2.86. The molecule has 1 unspecified atom stereocenters. The summed E-state index contributed by atoms with van der Waals surface area (Å²) in [5, 5.41) is 10.5. The molecule has 0 saturated carbocycles. The lowest BCUT2D eigenvalue weighted by atomic mass is 9.82. The summed E-state index contributed by atoms with van der Waals surface area (Å²) in [6.07, 6.45) is 3.41. The predicted octanol–water partition coefficient (Wildman–Crippen LogP) is 3.85. The van der Waals surface area contributed by atoms with E-state index in [4.69, 9.17) is 0 Å². The zero-order chi connectivity index (χ0) is 14.8. The molecule has 2 heteroatoms. The number of rotatable bonds is 5. The van der Waals surface area contributed by atoms with Gasteiger partial charge < -0.3 is 5.11 Å². The van der Waals surface area contributed by atoms with Crippen LogP contribution in [0.5, 0.6) is 0 Å². The minimum Gasteiger partial charge on any atom is -0.387 e. The van der Waals surface area contributed by atoms with E-state index in [0.717, 1.165) is 25.2 Å². The second-order valence-electron chi connectivity index (χ2n) is 6.55. The average molecular weight is 275 g/mol. The molecule has 1 N–H and O–H groups in total. The molecule has 1 saturated heterocycles. The van der Waals surface area contributed by atoms with Crippen molar-refractivity contribution in [3.05, 3.63) is 34.9 Å². The van der Waals surface area contributed by atoms with Gasteiger partial charge in [0.15, 0.2) is 0 Å². The summed E-state index contributed by atoms with van der Waals surface area (Å²) in [7, 11) is 0. The third-order valence-corrected chi connectivity index (χ3v) is 5.36. The number of aliphatic hydroxyl groups is 1. The third-order valence-electron chi connectivity index (χ3n) is 5.36. The van der Waals surface area contributed by atoms with Gasteiger partial charge in [-0.2, -0.15) is 0 Å². The first-order valence-corrected chi connectivity index (χ1v) is 7.97. The normalized spacial score (nSPS) is 20.2. The van der Waals surface area contributed by atoms with E-state index in [-0.39, 0.29) is 6.10 Å². The standard InChI is InChI=1S/C18H29NO/c1-5-18(6-2)9-10-19(13-18)12-17(20)16-8-7-14(3)15(4)11-16/h7-8,11,17,20H,5-6,9-10,12-13H2,1-4H3. The molecule has 1 aromatic carbocycles. The number of hydrogen-bond acceptors (Lipinski definition) is 2. The van der Waals surface area contributed by atoms with E-state index in [1.165, 1.54) is 30.4 Å². The topological polar surface area (TPSA) is 23.5 Å². The molecule has 0 radical (unpaired) electrons. The highest BCUT2D eigenvalue weighted by Gasteiger charge is 2.35. The van der Waals surface area contributed by atoms with Crippen molar-refractivity contribution in [2.75, 3.05) is 19.6 Å². The van der Waals surface area contributed by atoms with Crippen LogP contribution in [0.15, 0.2) is 18.2 Å². The monoisotopic (exact) mass is 275 g/mol. The molecule has 1 heterocycles. The van der Waals surface area contributed by atoms with E-state index in [1.807, 2.05) is 0 Å². The zero-order valence-corrected chi connectivity index (χ0v) is 13.4. The minimum absolute atomic E-state index is 0.362. The van der Waals surface area contributed by atoms with Gasteiger partial charge in [0.25, 0.3) is 0 Å². The molecule has 1 aromatic rings. The van der Waals surface area contributed by atoms with Crippen LogP contribution in [0.25, 0.3) is 0 Å². The number of nitrogens with zero attached hydrogens (tertiary/aromatic N) is 1. The molecule has 1 fully saturated rings. The lowest BCUT2D eigenvalue weighted by molar-refractivity contribution is 0.117. The molecular formula is C18H29NO. The van der Waals surface area contributed by atoms with Gasteiger partial charge in [0.05, 0.1) is 6.10 Å². The summed E-state index contributed by atoms with van der Waals surface area (Å²) in [6.45, 7) is 11.9. The zero-order valence-electron chi connectivity index (χ0n) is 13.4. The molecular weight excluding hydrogens is 246 g/mol. The summed E-state index contributed by atoms with van der Waals surface area (Å²) in [5.41, 5.74) is 4.10. The summed E-state index contributed by atoms with van der Waals surface area (Å²) in [6, 6.07) is 6.30. The van der Waals surface area contributed by atoms with E-state index >= 15 is 0 Å². The quantitative estimate of drug-likeness (QED) is 0.882. The van der Waals surface area contributed by atoms with Gasteiger partial charge in [0, 0.05) is 13.1 Å². The van der Waals surface area contributed by atoms with Gasteiger partial charge in [-0.15, -0.1) is 0 Å². The smallest absolute Gasteiger partial charge is 0.0917 e. The lowest BCUT2D eigenvalue weighted by Gasteiger charge is -2.27. The fourth-order valence-corrected chi connectivity index (χ4v) is 3.33. The molecule has 1 atom stereocenters. The molecule has 1 aliphatic rings. The molecule has 1 aliphatic heterocycles. The minimum atomic E-state index is -0.362. The second kappa shape index (κ2) is 6.28. The Morgan fingerprint density at radius 3 is 2.45 bits per heavy atom. The first kappa shape index (κ1) is 15.5. The van der Waals surface area contributed by atoms with Gasteiger partial charge in [0.1, 0.15) is 0 Å². The Balaban J connectivity index is 1.98. The van der Waals surface area contributed by atoms with Gasteiger partial charge >= 0.3 is 0 Å². The number of likely N-dealkylation sites (tertiary alicyclic amines) is 1. The van der Waals surface area contributed by atoms with Crippen LogP contribution in [0, 0.1) is 19.3 Å². The van der Waals surface area contributed by atoms with Crippen LogP contribution < -0.4 is 0 Å². The molecule has 0 aliphatic carbocycles. The number of aryl methyl sites for hydroxylation is 2. The van der Waals surface area contributed by atoms with Crippen molar-refractivity contribution in [3.63, 3.8) is 0 Å². The molecule has 112 valence electrons. The highest BCUT2D eigenvalue weighted by molar-refractivity contribution is 5.31. The fourth-order valence-electron chi connectivity index (χ4n) is 3.33. The Labute approximate surface area is 123 Å². The third kappa shape index (κ3) is 3.24. The molecule has 20 heavy (non-hydrogen) atoms. The Kier molecular flexibility index (Phi) is 4.87. The first-order chi connectivity index (χ1) is 9.49. The Hall–Kier alpha value is -0.860. The van der Waals surface area contributed by atoms with Crippen LogP contribution >= 0.6 is 0 Å². The van der Waals surface area contributed by atoms with Crippen molar-refractivity contribution >= 4 is 0 Å². The van der Waals surface area contributed by atoms with Gasteiger partial charge in [-0.05, 0) is 61.8 Å². The maximum absolute atomic E-state index is 10.5. The van der Waals surface area contributed by atoms with Crippen molar-refractivity contribution in [3.8, 4) is 0 Å². The first-order valence-electron chi connectivity index (χ1n) is 7.97. The van der Waals surface area contributed by atoms with E-state index in [2.05, 4.69) is 50.8 Å². The van der Waals surface area contributed by atoms with Gasteiger partial charge in [-0.3, -0.25) is 4.90 Å². The van der Waals surface area contributed by atoms with Crippen LogP contribution in [0.4, 0.5) is 0 Å². The van der Waals surface area contributed by atoms with E-state index in [0.29, 0.717) is 5.41 Å². The van der Waals surface area contributed by atoms with Crippen molar-refractivity contribution in [1.82, 2.24) is 4.90 Å². The number of hydrogen-bond donors (Lipinski definition) is 1. The predicted molar refractivity (Wildman–Crippen MR) is 84.9 cm³/mol. The molecule has 0 bridgehead atoms. The SMILES string of the molecule is CCC1(CC)CCN(CC(O)c2ccc(C)c(C)c2)C1. The Morgan fingerprint density at radius 1 is 1.20 bits per heavy atom.